The van der Waals surface area contributed by atoms with Crippen LogP contribution in [0.25, 0.3) is 0 Å². The fourth-order valence-corrected chi connectivity index (χ4v) is 4.27. The predicted octanol–water partition coefficient (Wildman–Crippen LogP) is 3.05. The normalized spacial score (nSPS) is 11.4. The van der Waals surface area contributed by atoms with Gasteiger partial charge in [-0.15, -0.1) is 0 Å². The van der Waals surface area contributed by atoms with E-state index in [-0.39, 0.29) is 10.6 Å². The van der Waals surface area contributed by atoms with Crippen LogP contribution in [0, 0.1) is 0 Å². The second-order valence-corrected chi connectivity index (χ2v) is 7.18. The van der Waals surface area contributed by atoms with Crippen LogP contribution in [-0.4, -0.2) is 14.2 Å². The third-order valence-electron chi connectivity index (χ3n) is 2.79. The molecule has 0 atom stereocenters. The minimum Gasteiger partial charge on any atom is -0.399 e. The summed E-state index contributed by atoms with van der Waals surface area (Å²) in [6, 6.07) is 14.3. The zero-order chi connectivity index (χ0) is 13.9. The molecule has 0 aromatic heterocycles. The lowest BCUT2D eigenvalue weighted by molar-refractivity contribution is 0.595. The number of hydrogen-bond donors (Lipinski definition) is 1. The molecule has 3 nitrogen and oxygen atoms in total. The first-order valence-corrected chi connectivity index (χ1v) is 8.25. The lowest BCUT2D eigenvalue weighted by atomic mass is 10.2. The van der Waals surface area contributed by atoms with Gasteiger partial charge in [0.15, 0.2) is 9.84 Å². The summed E-state index contributed by atoms with van der Waals surface area (Å²) in [5, 5.41) is 0. The molecule has 0 aliphatic heterocycles. The van der Waals surface area contributed by atoms with Crippen molar-refractivity contribution >= 4 is 31.5 Å². The van der Waals surface area contributed by atoms with Gasteiger partial charge in [-0.2, -0.15) is 0 Å². The fraction of sp³-hybridized carbons (Fsp3) is 0.143. The summed E-state index contributed by atoms with van der Waals surface area (Å²) in [6.45, 7) is 0. The van der Waals surface area contributed by atoms with E-state index >= 15 is 0 Å². The summed E-state index contributed by atoms with van der Waals surface area (Å²) in [6.07, 6.45) is 0.500. The molecular formula is C14H14BrNO2S. The highest BCUT2D eigenvalue weighted by molar-refractivity contribution is 9.10. The lowest BCUT2D eigenvalue weighted by Crippen LogP contribution is -2.10. The maximum Gasteiger partial charge on any atom is 0.179 e. The number of halogens is 1. The van der Waals surface area contributed by atoms with Gasteiger partial charge in [0.1, 0.15) is 0 Å². The van der Waals surface area contributed by atoms with Crippen molar-refractivity contribution in [3.05, 3.63) is 58.6 Å². The van der Waals surface area contributed by atoms with Gasteiger partial charge in [0.25, 0.3) is 0 Å². The number of nitrogens with two attached hydrogens (primary N) is 1. The van der Waals surface area contributed by atoms with E-state index in [1.165, 1.54) is 0 Å². The molecule has 2 rings (SSSR count). The Morgan fingerprint density at radius 2 is 1.74 bits per heavy atom. The van der Waals surface area contributed by atoms with Crippen molar-refractivity contribution in [2.45, 2.75) is 11.3 Å². The Morgan fingerprint density at radius 1 is 1.05 bits per heavy atom. The first-order valence-electron chi connectivity index (χ1n) is 5.81. The van der Waals surface area contributed by atoms with Crippen LogP contribution in [-0.2, 0) is 16.3 Å². The molecule has 0 aliphatic carbocycles. The number of sulfone groups is 1. The highest BCUT2D eigenvalue weighted by Gasteiger charge is 2.17. The number of aryl methyl sites for hydroxylation is 1. The van der Waals surface area contributed by atoms with Crippen LogP contribution in [0.5, 0.6) is 0 Å². The second kappa shape index (κ2) is 5.75. The summed E-state index contributed by atoms with van der Waals surface area (Å²) in [5.41, 5.74) is 7.16. The quantitative estimate of drug-likeness (QED) is 0.871. The van der Waals surface area contributed by atoms with Gasteiger partial charge in [-0.05, 0) is 46.1 Å². The third kappa shape index (κ3) is 3.58. The van der Waals surface area contributed by atoms with Crippen LogP contribution in [0.1, 0.15) is 5.56 Å². The minimum absolute atomic E-state index is 0.0829. The molecule has 2 aromatic rings. The standard InChI is InChI=1S/C14H14BrNO2S/c15-13-10-12(16)6-7-14(13)19(17,18)9-8-11-4-2-1-3-5-11/h1-7,10H,8-9,16H2. The smallest absolute Gasteiger partial charge is 0.179 e. The predicted molar refractivity (Wildman–Crippen MR) is 80.8 cm³/mol. The number of nitrogen functional groups attached to an aromatic ring is 1. The summed E-state index contributed by atoms with van der Waals surface area (Å²) < 4.78 is 25.0. The first kappa shape index (κ1) is 14.1. The fourth-order valence-electron chi connectivity index (χ4n) is 1.78. The molecule has 0 saturated carbocycles. The monoisotopic (exact) mass is 339 g/mol. The van der Waals surface area contributed by atoms with E-state index in [0.717, 1.165) is 5.56 Å². The van der Waals surface area contributed by atoms with Crippen molar-refractivity contribution in [3.8, 4) is 0 Å². The summed E-state index contributed by atoms with van der Waals surface area (Å²) in [4.78, 5) is 0.289. The van der Waals surface area contributed by atoms with Crippen LogP contribution in [0.3, 0.4) is 0 Å². The topological polar surface area (TPSA) is 60.2 Å². The molecule has 2 aromatic carbocycles. The van der Waals surface area contributed by atoms with Crippen molar-refractivity contribution in [3.63, 3.8) is 0 Å². The Morgan fingerprint density at radius 3 is 2.37 bits per heavy atom. The molecule has 2 N–H and O–H groups in total. The molecule has 5 heteroatoms. The van der Waals surface area contributed by atoms with E-state index in [2.05, 4.69) is 15.9 Å². The van der Waals surface area contributed by atoms with Gasteiger partial charge >= 0.3 is 0 Å². The Labute approximate surface area is 121 Å². The second-order valence-electron chi connectivity index (χ2n) is 4.24. The van der Waals surface area contributed by atoms with Gasteiger partial charge in [0.2, 0.25) is 0 Å². The summed E-state index contributed by atoms with van der Waals surface area (Å²) in [5.74, 6) is 0.0829. The Kier molecular flexibility index (Phi) is 4.27. The van der Waals surface area contributed by atoms with E-state index in [0.29, 0.717) is 16.6 Å². The zero-order valence-electron chi connectivity index (χ0n) is 10.2. The molecular weight excluding hydrogens is 326 g/mol. The average Bonchev–Trinajstić information content (AvgIpc) is 2.37. The maximum absolute atomic E-state index is 12.3. The maximum atomic E-state index is 12.3. The van der Waals surface area contributed by atoms with E-state index in [1.54, 1.807) is 18.2 Å². The van der Waals surface area contributed by atoms with E-state index in [4.69, 9.17) is 5.73 Å². The summed E-state index contributed by atoms with van der Waals surface area (Å²) in [7, 11) is -3.31. The van der Waals surface area contributed by atoms with Crippen molar-refractivity contribution in [1.29, 1.82) is 0 Å². The molecule has 19 heavy (non-hydrogen) atoms. The zero-order valence-corrected chi connectivity index (χ0v) is 12.6. The van der Waals surface area contributed by atoms with Crippen LogP contribution >= 0.6 is 15.9 Å². The van der Waals surface area contributed by atoms with Crippen LogP contribution in [0.4, 0.5) is 5.69 Å². The number of benzene rings is 2. The van der Waals surface area contributed by atoms with Crippen molar-refractivity contribution in [2.75, 3.05) is 11.5 Å². The molecule has 0 bridgehead atoms. The number of rotatable bonds is 4. The SMILES string of the molecule is Nc1ccc(S(=O)(=O)CCc2ccccc2)c(Br)c1. The molecule has 0 unspecified atom stereocenters. The molecule has 0 saturated heterocycles. The third-order valence-corrected chi connectivity index (χ3v) is 5.48. The average molecular weight is 340 g/mol. The van der Waals surface area contributed by atoms with Gasteiger partial charge in [0, 0.05) is 10.2 Å². The molecule has 100 valence electrons. The molecule has 0 amide bonds. The number of anilines is 1. The largest absolute Gasteiger partial charge is 0.399 e. The van der Waals surface area contributed by atoms with Gasteiger partial charge in [-0.3, -0.25) is 0 Å². The van der Waals surface area contributed by atoms with Crippen LogP contribution < -0.4 is 5.73 Å². The molecule has 0 radical (unpaired) electrons. The molecule has 0 spiro atoms. The highest BCUT2D eigenvalue weighted by Crippen LogP contribution is 2.25. The van der Waals surface area contributed by atoms with Gasteiger partial charge in [-0.1, -0.05) is 30.3 Å². The Bertz CT molecular complexity index is 669. The summed E-state index contributed by atoms with van der Waals surface area (Å²) >= 11 is 3.25. The first-order chi connectivity index (χ1) is 8.99. The van der Waals surface area contributed by atoms with Crippen LogP contribution in [0.2, 0.25) is 0 Å². The lowest BCUT2D eigenvalue weighted by Gasteiger charge is -2.07. The minimum atomic E-state index is -3.31. The van der Waals surface area contributed by atoms with E-state index in [9.17, 15) is 8.42 Å². The van der Waals surface area contributed by atoms with Gasteiger partial charge in [0.05, 0.1) is 10.6 Å². The molecule has 0 heterocycles. The van der Waals surface area contributed by atoms with Gasteiger partial charge < -0.3 is 5.73 Å². The molecule has 0 fully saturated rings. The van der Waals surface area contributed by atoms with Crippen molar-refractivity contribution < 1.29 is 8.42 Å². The van der Waals surface area contributed by atoms with E-state index in [1.807, 2.05) is 30.3 Å². The number of hydrogen-bond acceptors (Lipinski definition) is 3. The van der Waals surface area contributed by atoms with Crippen molar-refractivity contribution in [2.24, 2.45) is 0 Å². The van der Waals surface area contributed by atoms with Crippen LogP contribution in [0.15, 0.2) is 57.9 Å². The molecule has 0 aliphatic rings. The Balaban J connectivity index is 2.19. The highest BCUT2D eigenvalue weighted by atomic mass is 79.9. The van der Waals surface area contributed by atoms with Crippen molar-refractivity contribution in [1.82, 2.24) is 0 Å². The van der Waals surface area contributed by atoms with E-state index < -0.39 is 9.84 Å². The Hall–Kier alpha value is -1.33. The van der Waals surface area contributed by atoms with Gasteiger partial charge in [-0.25, -0.2) is 8.42 Å².